The van der Waals surface area contributed by atoms with E-state index < -0.39 is 11.9 Å². The van der Waals surface area contributed by atoms with E-state index in [-0.39, 0.29) is 10.6 Å². The number of hydrogen-bond acceptors (Lipinski definition) is 4. The van der Waals surface area contributed by atoms with Crippen molar-refractivity contribution in [3.63, 3.8) is 0 Å². The monoisotopic (exact) mass is 319 g/mol. The lowest BCUT2D eigenvalue weighted by molar-refractivity contribution is 0.545. The van der Waals surface area contributed by atoms with E-state index in [2.05, 4.69) is 36.5 Å². The maximum absolute atomic E-state index is 14.0. The number of hydrogen-bond donors (Lipinski definition) is 3. The van der Waals surface area contributed by atoms with Crippen LogP contribution in [0.5, 0.6) is 0 Å². The highest BCUT2D eigenvalue weighted by molar-refractivity contribution is 9.10. The summed E-state index contributed by atoms with van der Waals surface area (Å²) in [6.07, 6.45) is 1.32. The number of H-pyrrole nitrogens is 1. The maximum atomic E-state index is 14.0. The zero-order chi connectivity index (χ0) is 12.4. The van der Waals surface area contributed by atoms with Crippen molar-refractivity contribution in [2.45, 2.75) is 6.04 Å². The van der Waals surface area contributed by atoms with Crippen LogP contribution >= 0.6 is 27.5 Å². The van der Waals surface area contributed by atoms with Gasteiger partial charge in [0.1, 0.15) is 24.0 Å². The third-order valence-corrected chi connectivity index (χ3v) is 3.51. The Labute approximate surface area is 110 Å². The van der Waals surface area contributed by atoms with Crippen molar-refractivity contribution in [2.75, 3.05) is 0 Å². The maximum Gasteiger partial charge on any atom is 0.148 e. The SMILES string of the molecule is NNC(c1ncn[nH]1)c1ccc(Br)c(Cl)c1F. The molecule has 0 saturated carbocycles. The summed E-state index contributed by atoms with van der Waals surface area (Å²) >= 11 is 8.95. The molecule has 1 unspecified atom stereocenters. The van der Waals surface area contributed by atoms with Crippen molar-refractivity contribution in [3.8, 4) is 0 Å². The van der Waals surface area contributed by atoms with Crippen molar-refractivity contribution in [1.29, 1.82) is 0 Å². The largest absolute Gasteiger partial charge is 0.270 e. The van der Waals surface area contributed by atoms with Gasteiger partial charge in [0.15, 0.2) is 0 Å². The van der Waals surface area contributed by atoms with Crippen molar-refractivity contribution in [2.24, 2.45) is 5.84 Å². The van der Waals surface area contributed by atoms with E-state index in [9.17, 15) is 4.39 Å². The van der Waals surface area contributed by atoms with Crippen LogP contribution in [0, 0.1) is 5.82 Å². The number of nitrogens with two attached hydrogens (primary N) is 1. The van der Waals surface area contributed by atoms with E-state index in [0.717, 1.165) is 0 Å². The van der Waals surface area contributed by atoms with E-state index in [4.69, 9.17) is 17.4 Å². The Hall–Kier alpha value is -1.02. The molecule has 0 aliphatic carbocycles. The van der Waals surface area contributed by atoms with Gasteiger partial charge in [0.2, 0.25) is 0 Å². The van der Waals surface area contributed by atoms with E-state index in [1.807, 2.05) is 0 Å². The third-order valence-electron chi connectivity index (χ3n) is 2.25. The molecule has 0 aliphatic heterocycles. The molecule has 8 heteroatoms. The molecule has 5 nitrogen and oxygen atoms in total. The smallest absolute Gasteiger partial charge is 0.148 e. The zero-order valence-electron chi connectivity index (χ0n) is 8.42. The van der Waals surface area contributed by atoms with Crippen molar-refractivity contribution in [3.05, 3.63) is 45.2 Å². The summed E-state index contributed by atoms with van der Waals surface area (Å²) < 4.78 is 14.5. The Morgan fingerprint density at radius 3 is 2.88 bits per heavy atom. The van der Waals surface area contributed by atoms with Crippen LogP contribution in [0.2, 0.25) is 5.02 Å². The van der Waals surface area contributed by atoms with Gasteiger partial charge in [-0.15, -0.1) is 0 Å². The Morgan fingerprint density at radius 2 is 2.29 bits per heavy atom. The zero-order valence-corrected chi connectivity index (χ0v) is 10.8. The fourth-order valence-corrected chi connectivity index (χ4v) is 1.91. The summed E-state index contributed by atoms with van der Waals surface area (Å²) in [5.41, 5.74) is 2.75. The highest BCUT2D eigenvalue weighted by Gasteiger charge is 2.21. The summed E-state index contributed by atoms with van der Waals surface area (Å²) in [5.74, 6) is 5.25. The lowest BCUT2D eigenvalue weighted by Gasteiger charge is -2.15. The Bertz CT molecular complexity index is 518. The molecule has 1 aromatic heterocycles. The van der Waals surface area contributed by atoms with Crippen LogP contribution in [0.4, 0.5) is 4.39 Å². The Kier molecular flexibility index (Phi) is 3.72. The molecule has 1 aromatic carbocycles. The molecule has 4 N–H and O–H groups in total. The van der Waals surface area contributed by atoms with Gasteiger partial charge in [-0.25, -0.2) is 14.8 Å². The van der Waals surface area contributed by atoms with Gasteiger partial charge in [0.25, 0.3) is 0 Å². The van der Waals surface area contributed by atoms with Crippen molar-refractivity contribution < 1.29 is 4.39 Å². The second kappa shape index (κ2) is 5.09. The number of nitrogens with one attached hydrogen (secondary N) is 2. The van der Waals surface area contributed by atoms with Crippen LogP contribution in [0.3, 0.4) is 0 Å². The van der Waals surface area contributed by atoms with Gasteiger partial charge in [-0.3, -0.25) is 10.9 Å². The fraction of sp³-hybridized carbons (Fsp3) is 0.111. The predicted octanol–water partition coefficient (Wildman–Crippen LogP) is 1.91. The molecule has 90 valence electrons. The first-order chi connectivity index (χ1) is 8.15. The first-order valence-corrected chi connectivity index (χ1v) is 5.77. The highest BCUT2D eigenvalue weighted by atomic mass is 79.9. The number of aromatic nitrogens is 3. The Morgan fingerprint density at radius 1 is 1.53 bits per heavy atom. The summed E-state index contributed by atoms with van der Waals surface area (Å²) in [7, 11) is 0. The van der Waals surface area contributed by atoms with Gasteiger partial charge in [-0.2, -0.15) is 5.10 Å². The van der Waals surface area contributed by atoms with Gasteiger partial charge < -0.3 is 0 Å². The minimum Gasteiger partial charge on any atom is -0.270 e. The quantitative estimate of drug-likeness (QED) is 0.458. The molecule has 0 bridgehead atoms. The Balaban J connectivity index is 2.49. The highest BCUT2D eigenvalue weighted by Crippen LogP contribution is 2.31. The van der Waals surface area contributed by atoms with E-state index in [0.29, 0.717) is 10.3 Å². The second-order valence-electron chi connectivity index (χ2n) is 3.23. The van der Waals surface area contributed by atoms with Crippen LogP contribution in [0.15, 0.2) is 22.9 Å². The van der Waals surface area contributed by atoms with Crippen LogP contribution in [0.25, 0.3) is 0 Å². The van der Waals surface area contributed by atoms with E-state index in [1.165, 1.54) is 6.33 Å². The molecule has 1 atom stereocenters. The number of aromatic amines is 1. The van der Waals surface area contributed by atoms with Gasteiger partial charge >= 0.3 is 0 Å². The molecule has 2 rings (SSSR count). The molecule has 17 heavy (non-hydrogen) atoms. The molecule has 0 amide bonds. The molecule has 0 spiro atoms. The molecule has 0 fully saturated rings. The van der Waals surface area contributed by atoms with Gasteiger partial charge in [0, 0.05) is 10.0 Å². The minimum atomic E-state index is -0.636. The van der Waals surface area contributed by atoms with Gasteiger partial charge in [-0.05, 0) is 22.0 Å². The molecule has 1 heterocycles. The summed E-state index contributed by atoms with van der Waals surface area (Å²) in [4.78, 5) is 3.93. The first kappa shape index (κ1) is 12.4. The topological polar surface area (TPSA) is 79.6 Å². The summed E-state index contributed by atoms with van der Waals surface area (Å²) in [5, 5.41) is 6.31. The number of benzene rings is 1. The normalized spacial score (nSPS) is 12.7. The van der Waals surface area contributed by atoms with Crippen molar-refractivity contribution >= 4 is 27.5 Å². The summed E-state index contributed by atoms with van der Waals surface area (Å²) in [6.45, 7) is 0. The minimum absolute atomic E-state index is 0.00210. The number of halogens is 3. The molecular formula is C9H8BrClFN5. The lowest BCUT2D eigenvalue weighted by atomic mass is 10.1. The second-order valence-corrected chi connectivity index (χ2v) is 4.47. The molecule has 2 aromatic rings. The average Bonchev–Trinajstić information content (AvgIpc) is 2.84. The fourth-order valence-electron chi connectivity index (χ4n) is 1.43. The van der Waals surface area contributed by atoms with E-state index >= 15 is 0 Å². The van der Waals surface area contributed by atoms with Crippen molar-refractivity contribution in [1.82, 2.24) is 20.6 Å². The third kappa shape index (κ3) is 2.32. The van der Waals surface area contributed by atoms with Crippen LogP contribution in [-0.4, -0.2) is 15.2 Å². The van der Waals surface area contributed by atoms with Gasteiger partial charge in [-0.1, -0.05) is 17.7 Å². The first-order valence-electron chi connectivity index (χ1n) is 4.60. The van der Waals surface area contributed by atoms with Crippen LogP contribution in [-0.2, 0) is 0 Å². The standard InChI is InChI=1S/C9H8BrClFN5/c10-5-2-1-4(7(12)6(5)11)8(16-13)9-14-3-15-17-9/h1-3,8,16H,13H2,(H,14,15,17). The molecule has 0 saturated heterocycles. The molecular weight excluding hydrogens is 312 g/mol. The lowest BCUT2D eigenvalue weighted by Crippen LogP contribution is -2.30. The molecule has 0 radical (unpaired) electrons. The number of hydrazine groups is 1. The van der Waals surface area contributed by atoms with E-state index in [1.54, 1.807) is 12.1 Å². The van der Waals surface area contributed by atoms with Crippen LogP contribution in [0.1, 0.15) is 17.4 Å². The number of nitrogens with zero attached hydrogens (tertiary/aromatic N) is 2. The average molecular weight is 321 g/mol. The summed E-state index contributed by atoms with van der Waals surface area (Å²) in [6, 6.07) is 2.57. The predicted molar refractivity (Wildman–Crippen MR) is 64.7 cm³/mol. The van der Waals surface area contributed by atoms with Gasteiger partial charge in [0.05, 0.1) is 5.02 Å². The molecule has 0 aliphatic rings. The van der Waals surface area contributed by atoms with Crippen LogP contribution < -0.4 is 11.3 Å². The number of rotatable bonds is 3.